The van der Waals surface area contributed by atoms with Gasteiger partial charge in [0.25, 0.3) is 15.7 Å². The third-order valence-corrected chi connectivity index (χ3v) is 10.1. The molecule has 0 bridgehead atoms. The highest BCUT2D eigenvalue weighted by Crippen LogP contribution is 2.57. The molecule has 0 fully saturated rings. The van der Waals surface area contributed by atoms with Gasteiger partial charge in [-0.15, -0.1) is 0 Å². The second-order valence-electron chi connectivity index (χ2n) is 8.86. The van der Waals surface area contributed by atoms with Crippen LogP contribution < -0.4 is 4.72 Å². The summed E-state index contributed by atoms with van der Waals surface area (Å²) in [7, 11) is -9.09. The van der Waals surface area contributed by atoms with Gasteiger partial charge in [-0.1, -0.05) is 30.7 Å². The van der Waals surface area contributed by atoms with Crippen LogP contribution in [0.5, 0.6) is 0 Å². The summed E-state index contributed by atoms with van der Waals surface area (Å²) in [6.45, 7) is 0.701. The monoisotopic (exact) mass is 705 g/mol. The summed E-state index contributed by atoms with van der Waals surface area (Å²) in [4.78, 5) is -1.60. The molecule has 0 aromatic heterocycles. The van der Waals surface area contributed by atoms with Crippen molar-refractivity contribution in [2.45, 2.75) is 71.2 Å². The highest BCUT2D eigenvalue weighted by atomic mass is 32.2. The SMILES string of the molecule is CCC1=CCC(S(=O)CNS(=O)(=O)C(F)(F)[C@](C)(F)C(F)(F)OC(F)(F)C(F)(F)C(F)(F)Sc2ccc(F)cc2F)C=C1. The summed E-state index contributed by atoms with van der Waals surface area (Å²) in [5.74, 6) is -12.0. The molecule has 0 aliphatic heterocycles. The maximum atomic E-state index is 14.8. The van der Waals surface area contributed by atoms with Crippen LogP contribution in [0.2, 0.25) is 0 Å². The molecule has 0 heterocycles. The van der Waals surface area contributed by atoms with Crippen LogP contribution in [0.15, 0.2) is 46.9 Å². The molecule has 1 aromatic rings. The van der Waals surface area contributed by atoms with Crippen LogP contribution in [0.4, 0.5) is 57.1 Å². The summed E-state index contributed by atoms with van der Waals surface area (Å²) in [6.07, 6.45) is -9.26. The van der Waals surface area contributed by atoms with Gasteiger partial charge in [0.05, 0.1) is 11.1 Å². The number of halogens is 13. The first kappa shape index (κ1) is 37.3. The highest BCUT2D eigenvalue weighted by Gasteiger charge is 2.81. The number of allylic oxidation sites excluding steroid dienone is 3. The maximum Gasteiger partial charge on any atom is 0.431 e. The van der Waals surface area contributed by atoms with E-state index in [-0.39, 0.29) is 24.6 Å². The number of sulfonamides is 1. The fourth-order valence-corrected chi connectivity index (χ4v) is 6.59. The third-order valence-electron chi connectivity index (χ3n) is 5.82. The van der Waals surface area contributed by atoms with E-state index in [2.05, 4.69) is 4.74 Å². The number of benzene rings is 1. The Bertz CT molecular complexity index is 1380. The van der Waals surface area contributed by atoms with Crippen molar-refractivity contribution < 1.29 is 74.4 Å². The number of thioether (sulfide) groups is 1. The van der Waals surface area contributed by atoms with Crippen molar-refractivity contribution >= 4 is 32.6 Å². The van der Waals surface area contributed by atoms with Crippen molar-refractivity contribution in [3.05, 3.63) is 53.6 Å². The van der Waals surface area contributed by atoms with Crippen LogP contribution in [0.25, 0.3) is 0 Å². The minimum Gasteiger partial charge on any atom is -0.258 e. The molecular weight excluding hydrogens is 685 g/mol. The van der Waals surface area contributed by atoms with E-state index < -0.39 is 101 Å². The fourth-order valence-electron chi connectivity index (χ4n) is 3.11. The summed E-state index contributed by atoms with van der Waals surface area (Å²) in [5.41, 5.74) is -5.39. The van der Waals surface area contributed by atoms with Gasteiger partial charge in [-0.25, -0.2) is 26.3 Å². The summed E-state index contributed by atoms with van der Waals surface area (Å²) >= 11 is -1.73. The molecular formula is C22H20F13NO4S3. The lowest BCUT2D eigenvalue weighted by Gasteiger charge is -2.39. The molecule has 0 saturated carbocycles. The molecule has 5 nitrogen and oxygen atoms in total. The van der Waals surface area contributed by atoms with E-state index in [4.69, 9.17) is 0 Å². The van der Waals surface area contributed by atoms with Gasteiger partial charge < -0.3 is 0 Å². The largest absolute Gasteiger partial charge is 0.431 e. The van der Waals surface area contributed by atoms with E-state index in [0.717, 1.165) is 10.3 Å². The van der Waals surface area contributed by atoms with Gasteiger partial charge in [0.1, 0.15) is 11.6 Å². The van der Waals surface area contributed by atoms with Gasteiger partial charge in [-0.05, 0) is 43.7 Å². The Morgan fingerprint density at radius 3 is 2.07 bits per heavy atom. The van der Waals surface area contributed by atoms with Crippen molar-refractivity contribution in [2.75, 3.05) is 5.88 Å². The molecule has 1 aliphatic carbocycles. The number of hydrogen-bond donors (Lipinski definition) is 1. The number of rotatable bonds is 14. The number of hydrogen-bond acceptors (Lipinski definition) is 5. The number of ether oxygens (including phenoxy) is 1. The van der Waals surface area contributed by atoms with E-state index in [0.29, 0.717) is 6.42 Å². The molecule has 2 unspecified atom stereocenters. The van der Waals surface area contributed by atoms with Gasteiger partial charge in [-0.3, -0.25) is 4.21 Å². The van der Waals surface area contributed by atoms with Gasteiger partial charge >= 0.3 is 28.6 Å². The minimum absolute atomic E-state index is 0.0250. The van der Waals surface area contributed by atoms with Crippen molar-refractivity contribution in [2.24, 2.45) is 0 Å². The number of nitrogens with one attached hydrogen (secondary N) is 1. The first-order valence-electron chi connectivity index (χ1n) is 11.4. The Kier molecular flexibility index (Phi) is 10.9. The van der Waals surface area contributed by atoms with Crippen molar-refractivity contribution in [1.29, 1.82) is 0 Å². The van der Waals surface area contributed by atoms with Gasteiger partial charge in [0, 0.05) is 21.8 Å². The van der Waals surface area contributed by atoms with E-state index >= 15 is 0 Å². The normalized spacial score (nSPS) is 19.6. The topological polar surface area (TPSA) is 72.5 Å². The Balaban J connectivity index is 2.27. The Morgan fingerprint density at radius 2 is 1.58 bits per heavy atom. The lowest BCUT2D eigenvalue weighted by atomic mass is 10.1. The molecule has 3 atom stereocenters. The van der Waals surface area contributed by atoms with Crippen molar-refractivity contribution in [1.82, 2.24) is 4.72 Å². The molecule has 0 radical (unpaired) electrons. The van der Waals surface area contributed by atoms with Crippen LogP contribution in [-0.2, 0) is 25.6 Å². The van der Waals surface area contributed by atoms with Crippen LogP contribution in [0.3, 0.4) is 0 Å². The summed E-state index contributed by atoms with van der Waals surface area (Å²) < 4.78 is 223. The molecule has 2 rings (SSSR count). The van der Waals surface area contributed by atoms with E-state index in [1.54, 1.807) is 13.0 Å². The smallest absolute Gasteiger partial charge is 0.258 e. The Labute approximate surface area is 242 Å². The first-order chi connectivity index (χ1) is 19.3. The first-order valence-corrected chi connectivity index (χ1v) is 15.1. The molecule has 0 amide bonds. The predicted molar refractivity (Wildman–Crippen MR) is 129 cm³/mol. The minimum atomic E-state index is -7.23. The van der Waals surface area contributed by atoms with Gasteiger partial charge in [0.15, 0.2) is 0 Å². The maximum absolute atomic E-state index is 14.8. The Hall–Kier alpha value is -1.84. The quantitative estimate of drug-likeness (QED) is 0.165. The highest BCUT2D eigenvalue weighted by molar-refractivity contribution is 8.00. The fraction of sp³-hybridized carbons (Fsp3) is 0.545. The molecule has 1 aromatic carbocycles. The lowest BCUT2D eigenvalue weighted by molar-refractivity contribution is -0.473. The second kappa shape index (κ2) is 12.5. The molecule has 43 heavy (non-hydrogen) atoms. The predicted octanol–water partition coefficient (Wildman–Crippen LogP) is 7.10. The van der Waals surface area contributed by atoms with Crippen LogP contribution in [0, 0.1) is 11.6 Å². The average molecular weight is 706 g/mol. The van der Waals surface area contributed by atoms with Crippen molar-refractivity contribution in [3.63, 3.8) is 0 Å². The molecule has 21 heteroatoms. The summed E-state index contributed by atoms with van der Waals surface area (Å²) in [5, 5.41) is -13.8. The zero-order valence-electron chi connectivity index (χ0n) is 21.4. The zero-order chi connectivity index (χ0) is 33.4. The van der Waals surface area contributed by atoms with Gasteiger partial charge in [0.2, 0.25) is 0 Å². The average Bonchev–Trinajstić information content (AvgIpc) is 2.87. The van der Waals surface area contributed by atoms with E-state index in [1.807, 2.05) is 0 Å². The molecule has 1 aliphatic rings. The number of alkyl halides is 11. The zero-order valence-corrected chi connectivity index (χ0v) is 23.9. The van der Waals surface area contributed by atoms with Crippen molar-refractivity contribution in [3.8, 4) is 0 Å². The van der Waals surface area contributed by atoms with E-state index in [1.165, 1.54) is 12.2 Å². The van der Waals surface area contributed by atoms with Crippen LogP contribution in [-0.4, -0.2) is 58.1 Å². The molecule has 246 valence electrons. The third kappa shape index (κ3) is 7.36. The van der Waals surface area contributed by atoms with Gasteiger partial charge in [-0.2, -0.15) is 48.6 Å². The standard InChI is InChI=1S/C22H20F13NO4S3/c1-3-12-4-7-14(8-5-12)42(37)11-36-43(38,39)22(34,35)17(2,25)19(28,29)40-20(30,31)18(26,27)21(32,33)41-16-9-6-13(23)10-15(16)24/h4-7,9-10,14,36H,3,8,11H2,1-2H3/t14?,17-,42?/m1/s1. The summed E-state index contributed by atoms with van der Waals surface area (Å²) in [6, 6.07) is 0.181. The molecule has 1 N–H and O–H groups in total. The molecule has 0 spiro atoms. The van der Waals surface area contributed by atoms with Crippen LogP contribution >= 0.6 is 11.8 Å². The van der Waals surface area contributed by atoms with Crippen LogP contribution in [0.1, 0.15) is 26.7 Å². The molecule has 0 saturated heterocycles. The van der Waals surface area contributed by atoms with E-state index in [9.17, 15) is 69.7 Å². The second-order valence-corrected chi connectivity index (χ2v) is 13.5. The lowest BCUT2D eigenvalue weighted by Crippen LogP contribution is -2.65. The Morgan fingerprint density at radius 1 is 1.00 bits per heavy atom.